The molecule has 0 bridgehead atoms. The quantitative estimate of drug-likeness (QED) is 0.603. The molecule has 168 valence electrons. The van der Waals surface area contributed by atoms with Gasteiger partial charge in [0.05, 0.1) is 5.75 Å². The van der Waals surface area contributed by atoms with Crippen molar-refractivity contribution >= 4 is 23.6 Å². The highest BCUT2D eigenvalue weighted by molar-refractivity contribution is 7.99. The zero-order chi connectivity index (χ0) is 23.0. The molecule has 0 radical (unpaired) electrons. The lowest BCUT2D eigenvalue weighted by Crippen LogP contribution is -2.53. The Kier molecular flexibility index (Phi) is 9.17. The molecule has 0 aliphatic heterocycles. The number of benzene rings is 2. The fraction of sp³-hybridized carbons (Fsp3) is 0.462. The molecule has 0 unspecified atom stereocenters. The Labute approximate surface area is 191 Å². The molecule has 4 nitrogen and oxygen atoms in total. The van der Waals surface area contributed by atoms with E-state index in [4.69, 9.17) is 0 Å². The summed E-state index contributed by atoms with van der Waals surface area (Å²) in [5, 5.41) is 3.01. The van der Waals surface area contributed by atoms with Gasteiger partial charge >= 0.3 is 0 Å². The number of amides is 2. The molecule has 0 aromatic heterocycles. The van der Waals surface area contributed by atoms with E-state index in [-0.39, 0.29) is 17.4 Å². The lowest BCUT2D eigenvalue weighted by Gasteiger charge is -2.31. The third-order valence-corrected chi connectivity index (χ3v) is 5.91. The Bertz CT molecular complexity index is 854. The van der Waals surface area contributed by atoms with Crippen molar-refractivity contribution in [2.75, 3.05) is 12.3 Å². The van der Waals surface area contributed by atoms with Crippen molar-refractivity contribution in [3.8, 4) is 0 Å². The average Bonchev–Trinajstić information content (AvgIpc) is 2.66. The molecule has 0 fully saturated rings. The molecule has 2 rings (SSSR count). The summed E-state index contributed by atoms with van der Waals surface area (Å²) in [5.41, 5.74) is 4.52. The van der Waals surface area contributed by atoms with Crippen LogP contribution in [0.2, 0.25) is 0 Å². The Morgan fingerprint density at radius 2 is 1.61 bits per heavy atom. The van der Waals surface area contributed by atoms with Gasteiger partial charge in [-0.1, -0.05) is 59.7 Å². The molecule has 31 heavy (non-hydrogen) atoms. The lowest BCUT2D eigenvalue weighted by atomic mass is 10.1. The molecular weight excluding hydrogens is 404 g/mol. The second-order valence-corrected chi connectivity index (χ2v) is 10.2. The first kappa shape index (κ1) is 25.0. The Hall–Kier alpha value is -2.27. The molecule has 0 saturated heterocycles. The van der Waals surface area contributed by atoms with Crippen LogP contribution >= 0.6 is 11.8 Å². The van der Waals surface area contributed by atoms with Crippen LogP contribution in [0.4, 0.5) is 0 Å². The summed E-state index contributed by atoms with van der Waals surface area (Å²) in [4.78, 5) is 27.6. The largest absolute Gasteiger partial charge is 0.350 e. The Balaban J connectivity index is 2.04. The summed E-state index contributed by atoms with van der Waals surface area (Å²) in [7, 11) is 0. The fourth-order valence-corrected chi connectivity index (χ4v) is 4.38. The summed E-state index contributed by atoms with van der Waals surface area (Å²) < 4.78 is 0. The van der Waals surface area contributed by atoms with Crippen molar-refractivity contribution < 1.29 is 9.59 Å². The topological polar surface area (TPSA) is 49.4 Å². The molecule has 5 heteroatoms. The van der Waals surface area contributed by atoms with E-state index in [2.05, 4.69) is 49.5 Å². The molecule has 0 spiro atoms. The van der Waals surface area contributed by atoms with Crippen LogP contribution in [0.5, 0.6) is 0 Å². The van der Waals surface area contributed by atoms with Crippen molar-refractivity contribution in [2.45, 2.75) is 65.3 Å². The van der Waals surface area contributed by atoms with Crippen molar-refractivity contribution in [3.05, 3.63) is 70.8 Å². The molecule has 0 heterocycles. The van der Waals surface area contributed by atoms with Crippen molar-refractivity contribution in [2.24, 2.45) is 0 Å². The van der Waals surface area contributed by atoms with Crippen molar-refractivity contribution in [1.29, 1.82) is 0 Å². The number of hydrogen-bond donors (Lipinski definition) is 1. The number of nitrogens with one attached hydrogen (secondary N) is 1. The number of hydrogen-bond acceptors (Lipinski definition) is 3. The zero-order valence-electron chi connectivity index (χ0n) is 19.7. The van der Waals surface area contributed by atoms with Gasteiger partial charge in [0, 0.05) is 17.8 Å². The van der Waals surface area contributed by atoms with E-state index in [1.165, 1.54) is 16.7 Å². The van der Waals surface area contributed by atoms with Gasteiger partial charge in [0.15, 0.2) is 0 Å². The van der Waals surface area contributed by atoms with Crippen LogP contribution in [0, 0.1) is 13.8 Å². The normalized spacial score (nSPS) is 12.3. The van der Waals surface area contributed by atoms with Crippen LogP contribution in [0.3, 0.4) is 0 Å². The van der Waals surface area contributed by atoms with Gasteiger partial charge in [-0.05, 0) is 59.1 Å². The van der Waals surface area contributed by atoms with Gasteiger partial charge in [-0.15, -0.1) is 11.8 Å². The zero-order valence-corrected chi connectivity index (χ0v) is 20.5. The first-order valence-corrected chi connectivity index (χ1v) is 12.0. The molecule has 1 N–H and O–H groups in total. The third kappa shape index (κ3) is 8.78. The van der Waals surface area contributed by atoms with Crippen molar-refractivity contribution in [3.63, 3.8) is 0 Å². The van der Waals surface area contributed by atoms with Gasteiger partial charge in [-0.3, -0.25) is 9.59 Å². The maximum Gasteiger partial charge on any atom is 0.242 e. The van der Waals surface area contributed by atoms with E-state index in [0.29, 0.717) is 12.3 Å². The molecule has 2 aromatic carbocycles. The second kappa shape index (κ2) is 11.4. The van der Waals surface area contributed by atoms with Gasteiger partial charge < -0.3 is 10.2 Å². The SMILES string of the molecule is Cc1cc(C)cc(CSCC(=O)N(CCc2ccccc2)[C@H](C)C(=O)NC(C)(C)C)c1. The third-order valence-electron chi connectivity index (χ3n) is 4.93. The Morgan fingerprint density at radius 1 is 1.00 bits per heavy atom. The van der Waals surface area contributed by atoms with E-state index >= 15 is 0 Å². The van der Waals surface area contributed by atoms with Gasteiger partial charge in [0.25, 0.3) is 0 Å². The predicted molar refractivity (Wildman–Crippen MR) is 131 cm³/mol. The highest BCUT2D eigenvalue weighted by Crippen LogP contribution is 2.17. The molecule has 2 aromatic rings. The number of nitrogens with zero attached hydrogens (tertiary/aromatic N) is 1. The summed E-state index contributed by atoms with van der Waals surface area (Å²) in [6, 6.07) is 16.0. The molecule has 1 atom stereocenters. The summed E-state index contributed by atoms with van der Waals surface area (Å²) >= 11 is 1.60. The van der Waals surface area contributed by atoms with E-state index < -0.39 is 6.04 Å². The minimum Gasteiger partial charge on any atom is -0.350 e. The maximum absolute atomic E-state index is 13.1. The summed E-state index contributed by atoms with van der Waals surface area (Å²) in [6.45, 7) is 12.4. The van der Waals surface area contributed by atoms with Gasteiger partial charge in [0.1, 0.15) is 6.04 Å². The highest BCUT2D eigenvalue weighted by Gasteiger charge is 2.27. The second-order valence-electron chi connectivity index (χ2n) is 9.23. The lowest BCUT2D eigenvalue weighted by molar-refractivity contribution is -0.138. The van der Waals surface area contributed by atoms with E-state index in [1.807, 2.05) is 45.9 Å². The molecular formula is C26H36N2O2S. The van der Waals surface area contributed by atoms with Crippen molar-refractivity contribution in [1.82, 2.24) is 10.2 Å². The van der Waals surface area contributed by atoms with Crippen LogP contribution < -0.4 is 5.32 Å². The van der Waals surface area contributed by atoms with Gasteiger partial charge in [-0.2, -0.15) is 0 Å². The predicted octanol–water partition coefficient (Wildman–Crippen LogP) is 4.91. The van der Waals surface area contributed by atoms with Crippen LogP contribution in [0.1, 0.15) is 49.9 Å². The molecule has 0 aliphatic carbocycles. The standard InChI is InChI=1S/C26H36N2O2S/c1-19-14-20(2)16-23(15-19)17-31-18-24(29)28(13-12-22-10-8-7-9-11-22)21(3)25(30)27-26(4,5)6/h7-11,14-16,21H,12-13,17-18H2,1-6H3,(H,27,30)/t21-/m1/s1. The minimum absolute atomic E-state index is 0.00173. The van der Waals surface area contributed by atoms with Crippen LogP contribution in [0.15, 0.2) is 48.5 Å². The summed E-state index contributed by atoms with van der Waals surface area (Å²) in [5.74, 6) is 1.02. The first-order valence-electron chi connectivity index (χ1n) is 10.9. The number of rotatable bonds is 9. The molecule has 0 saturated carbocycles. The summed E-state index contributed by atoms with van der Waals surface area (Å²) in [6.07, 6.45) is 0.724. The fourth-order valence-electron chi connectivity index (χ4n) is 3.54. The van der Waals surface area contributed by atoms with Crippen LogP contribution in [-0.4, -0.2) is 40.6 Å². The van der Waals surface area contributed by atoms with Gasteiger partial charge in [-0.25, -0.2) is 0 Å². The molecule has 2 amide bonds. The van der Waals surface area contributed by atoms with Crippen LogP contribution in [-0.2, 0) is 21.8 Å². The number of carbonyl (C=O) groups excluding carboxylic acids is 2. The number of thioether (sulfide) groups is 1. The monoisotopic (exact) mass is 440 g/mol. The van der Waals surface area contributed by atoms with Crippen LogP contribution in [0.25, 0.3) is 0 Å². The van der Waals surface area contributed by atoms with E-state index in [0.717, 1.165) is 17.7 Å². The smallest absolute Gasteiger partial charge is 0.242 e. The minimum atomic E-state index is -0.516. The number of carbonyl (C=O) groups is 2. The molecule has 0 aliphatic rings. The first-order chi connectivity index (χ1) is 14.5. The van der Waals surface area contributed by atoms with Gasteiger partial charge in [0.2, 0.25) is 11.8 Å². The highest BCUT2D eigenvalue weighted by atomic mass is 32.2. The van der Waals surface area contributed by atoms with E-state index in [1.54, 1.807) is 16.7 Å². The Morgan fingerprint density at radius 3 is 2.19 bits per heavy atom. The number of aryl methyl sites for hydroxylation is 2. The maximum atomic E-state index is 13.1. The average molecular weight is 441 g/mol. The van der Waals surface area contributed by atoms with E-state index in [9.17, 15) is 9.59 Å².